The van der Waals surface area contributed by atoms with Crippen molar-refractivity contribution in [3.8, 4) is 0 Å². The Kier molecular flexibility index (Phi) is 6.97. The van der Waals surface area contributed by atoms with Crippen molar-refractivity contribution in [2.45, 2.75) is 32.9 Å². The molecule has 6 nitrogen and oxygen atoms in total. The second kappa shape index (κ2) is 8.79. The first kappa shape index (κ1) is 20.6. The van der Waals surface area contributed by atoms with Crippen LogP contribution in [0.5, 0.6) is 0 Å². The molecule has 8 heteroatoms. The van der Waals surface area contributed by atoms with Gasteiger partial charge in [-0.2, -0.15) is 0 Å². The average Bonchev–Trinajstić information content (AvgIpc) is 2.59. The van der Waals surface area contributed by atoms with Gasteiger partial charge in [0.2, 0.25) is 11.8 Å². The van der Waals surface area contributed by atoms with Gasteiger partial charge < -0.3 is 15.7 Å². The van der Waals surface area contributed by atoms with E-state index in [4.69, 9.17) is 11.6 Å². The van der Waals surface area contributed by atoms with Gasteiger partial charge in [0.05, 0.1) is 12.5 Å². The average molecular weight is 386 g/mol. The minimum atomic E-state index is -0.698. The Hall–Kier alpha value is -1.70. The molecule has 0 aliphatic carbocycles. The summed E-state index contributed by atoms with van der Waals surface area (Å²) in [5.41, 5.74) is -0.124. The monoisotopic (exact) mass is 385 g/mol. The molecule has 1 aromatic carbocycles. The van der Waals surface area contributed by atoms with E-state index >= 15 is 0 Å². The summed E-state index contributed by atoms with van der Waals surface area (Å²) >= 11 is 6.08. The van der Waals surface area contributed by atoms with Gasteiger partial charge in [-0.3, -0.25) is 14.5 Å². The normalized spacial score (nSPS) is 18.5. The molecule has 0 bridgehead atoms. The smallest absolute Gasteiger partial charge is 0.237 e. The Morgan fingerprint density at radius 2 is 2.23 bits per heavy atom. The number of aliphatic hydroxyl groups is 1. The first-order chi connectivity index (χ1) is 12.2. The van der Waals surface area contributed by atoms with Crippen molar-refractivity contribution >= 4 is 23.4 Å². The Morgan fingerprint density at radius 3 is 2.88 bits per heavy atom. The van der Waals surface area contributed by atoms with Gasteiger partial charge in [-0.1, -0.05) is 31.5 Å². The van der Waals surface area contributed by atoms with Crippen molar-refractivity contribution in [1.82, 2.24) is 15.5 Å². The van der Waals surface area contributed by atoms with Crippen LogP contribution in [0.2, 0.25) is 5.02 Å². The highest BCUT2D eigenvalue weighted by Gasteiger charge is 2.32. The maximum absolute atomic E-state index is 14.1. The predicted octanol–water partition coefficient (Wildman–Crippen LogP) is 1.30. The van der Waals surface area contributed by atoms with Crippen LogP contribution >= 0.6 is 11.6 Å². The maximum atomic E-state index is 14.1. The predicted molar refractivity (Wildman–Crippen MR) is 97.1 cm³/mol. The highest BCUT2D eigenvalue weighted by molar-refractivity contribution is 6.31. The molecule has 2 amide bonds. The summed E-state index contributed by atoms with van der Waals surface area (Å²) in [5.74, 6) is -0.991. The summed E-state index contributed by atoms with van der Waals surface area (Å²) < 4.78 is 14.1. The molecule has 26 heavy (non-hydrogen) atoms. The van der Waals surface area contributed by atoms with Gasteiger partial charge in [-0.15, -0.1) is 0 Å². The number of aliphatic hydroxyl groups excluding tert-OH is 1. The molecule has 3 N–H and O–H groups in total. The second-order valence-electron chi connectivity index (χ2n) is 7.28. The first-order valence-corrected chi connectivity index (χ1v) is 8.93. The molecule has 0 spiro atoms. The van der Waals surface area contributed by atoms with Crippen molar-refractivity contribution < 1.29 is 19.1 Å². The van der Waals surface area contributed by atoms with Crippen molar-refractivity contribution in [3.63, 3.8) is 0 Å². The lowest BCUT2D eigenvalue weighted by molar-refractivity contribution is -0.134. The number of hydrogen-bond acceptors (Lipinski definition) is 4. The minimum Gasteiger partial charge on any atom is -0.396 e. The highest BCUT2D eigenvalue weighted by atomic mass is 35.5. The summed E-state index contributed by atoms with van der Waals surface area (Å²) in [4.78, 5) is 26.3. The van der Waals surface area contributed by atoms with Gasteiger partial charge in [0.15, 0.2) is 0 Å². The first-order valence-electron chi connectivity index (χ1n) is 8.56. The lowest BCUT2D eigenvalue weighted by Gasteiger charge is -2.35. The largest absolute Gasteiger partial charge is 0.396 e. The van der Waals surface area contributed by atoms with Crippen LogP contribution < -0.4 is 10.6 Å². The Balaban J connectivity index is 2.06. The molecule has 1 saturated heterocycles. The Morgan fingerprint density at radius 1 is 1.50 bits per heavy atom. The number of nitrogens with one attached hydrogen (secondary N) is 2. The molecule has 1 atom stereocenters. The molecular formula is C18H25ClFN3O3. The molecule has 0 radical (unpaired) electrons. The third-order valence-electron chi connectivity index (χ3n) is 4.44. The number of hydrogen-bond donors (Lipinski definition) is 3. The van der Waals surface area contributed by atoms with E-state index in [9.17, 15) is 19.1 Å². The molecule has 1 fully saturated rings. The van der Waals surface area contributed by atoms with Crippen LogP contribution in [0.25, 0.3) is 0 Å². The summed E-state index contributed by atoms with van der Waals surface area (Å²) in [6.45, 7) is 4.97. The number of halogens is 2. The Labute approximate surface area is 157 Å². The number of carbonyl (C=O) groups excluding carboxylic acids is 2. The van der Waals surface area contributed by atoms with Crippen LogP contribution in [-0.2, 0) is 16.1 Å². The molecule has 2 rings (SSSR count). The highest BCUT2D eigenvalue weighted by Crippen LogP contribution is 2.23. The lowest BCUT2D eigenvalue weighted by atomic mass is 9.95. The number of rotatable bonds is 7. The molecule has 1 aromatic rings. The van der Waals surface area contributed by atoms with Crippen LogP contribution in [0.3, 0.4) is 0 Å². The number of benzene rings is 1. The van der Waals surface area contributed by atoms with Crippen molar-refractivity contribution in [3.05, 3.63) is 34.6 Å². The fraction of sp³-hybridized carbons (Fsp3) is 0.556. The van der Waals surface area contributed by atoms with Crippen LogP contribution in [0.15, 0.2) is 18.2 Å². The second-order valence-corrected chi connectivity index (χ2v) is 7.69. The van der Waals surface area contributed by atoms with E-state index in [2.05, 4.69) is 10.6 Å². The number of carbonyl (C=O) groups is 2. The summed E-state index contributed by atoms with van der Waals surface area (Å²) in [5, 5.41) is 15.0. The third-order valence-corrected chi connectivity index (χ3v) is 4.79. The molecular weight excluding hydrogens is 361 g/mol. The number of piperazine rings is 1. The van der Waals surface area contributed by atoms with Crippen LogP contribution in [0.1, 0.15) is 25.8 Å². The van der Waals surface area contributed by atoms with Crippen molar-refractivity contribution in [1.29, 1.82) is 0 Å². The topological polar surface area (TPSA) is 81.7 Å². The standard InChI is InChI=1S/C18H25ClFN3O3/c1-18(2,11-24)10-22-16(25)8-15-17(26)21-6-7-23(15)9-12-13(19)4-3-5-14(12)20/h3-5,15,24H,6-11H2,1-2H3,(H,21,26)(H,22,25)/t15-/m0/s1. The molecule has 1 aliphatic rings. The van der Waals surface area contributed by atoms with Crippen LogP contribution in [0, 0.1) is 11.2 Å². The molecule has 0 unspecified atom stereocenters. The van der Waals surface area contributed by atoms with Crippen molar-refractivity contribution in [2.75, 3.05) is 26.2 Å². The molecule has 144 valence electrons. The van der Waals surface area contributed by atoms with Gasteiger partial charge in [-0.25, -0.2) is 4.39 Å². The van der Waals surface area contributed by atoms with Crippen LogP contribution in [-0.4, -0.2) is 54.1 Å². The zero-order chi connectivity index (χ0) is 19.3. The molecule has 0 aromatic heterocycles. The van der Waals surface area contributed by atoms with Gasteiger partial charge in [-0.05, 0) is 12.1 Å². The van der Waals surface area contributed by atoms with E-state index in [-0.39, 0.29) is 31.4 Å². The van der Waals surface area contributed by atoms with E-state index in [0.29, 0.717) is 30.2 Å². The zero-order valence-corrected chi connectivity index (χ0v) is 15.8. The van der Waals surface area contributed by atoms with Gasteiger partial charge in [0.25, 0.3) is 0 Å². The maximum Gasteiger partial charge on any atom is 0.237 e. The van der Waals surface area contributed by atoms with E-state index in [1.165, 1.54) is 12.1 Å². The quantitative estimate of drug-likeness (QED) is 0.661. The van der Waals surface area contributed by atoms with E-state index < -0.39 is 17.3 Å². The van der Waals surface area contributed by atoms with E-state index in [1.54, 1.807) is 11.0 Å². The number of nitrogens with zero attached hydrogens (tertiary/aromatic N) is 1. The van der Waals surface area contributed by atoms with Gasteiger partial charge in [0, 0.05) is 48.8 Å². The minimum absolute atomic E-state index is 0.0422. The van der Waals surface area contributed by atoms with E-state index in [0.717, 1.165) is 0 Å². The summed E-state index contributed by atoms with van der Waals surface area (Å²) in [6, 6.07) is 3.75. The van der Waals surface area contributed by atoms with Crippen LogP contribution in [0.4, 0.5) is 4.39 Å². The molecule has 1 heterocycles. The van der Waals surface area contributed by atoms with E-state index in [1.807, 2.05) is 13.8 Å². The zero-order valence-electron chi connectivity index (χ0n) is 15.0. The summed E-state index contributed by atoms with van der Waals surface area (Å²) in [6.07, 6.45) is -0.0422. The lowest BCUT2D eigenvalue weighted by Crippen LogP contribution is -2.56. The Bertz CT molecular complexity index is 649. The number of amides is 2. The fourth-order valence-electron chi connectivity index (χ4n) is 2.70. The molecule has 1 aliphatic heterocycles. The molecule has 0 saturated carbocycles. The fourth-order valence-corrected chi connectivity index (χ4v) is 2.92. The summed E-state index contributed by atoms with van der Waals surface area (Å²) in [7, 11) is 0. The SMILES string of the molecule is CC(C)(CO)CNC(=O)C[C@H]1C(=O)NCCN1Cc1c(F)cccc1Cl. The van der Waals surface area contributed by atoms with Gasteiger partial charge >= 0.3 is 0 Å². The third kappa shape index (κ3) is 5.40. The van der Waals surface area contributed by atoms with Crippen molar-refractivity contribution in [2.24, 2.45) is 5.41 Å². The van der Waals surface area contributed by atoms with Gasteiger partial charge in [0.1, 0.15) is 5.82 Å².